The van der Waals surface area contributed by atoms with Crippen LogP contribution >= 0.6 is 0 Å². The van der Waals surface area contributed by atoms with E-state index in [0.29, 0.717) is 6.42 Å². The fourth-order valence-electron chi connectivity index (χ4n) is 3.34. The molecule has 1 saturated carbocycles. The minimum atomic E-state index is -0.244. The Bertz CT molecular complexity index is 732. The molecule has 0 aliphatic heterocycles. The molecule has 4 heteroatoms. The lowest BCUT2D eigenvalue weighted by Gasteiger charge is -2.09. The summed E-state index contributed by atoms with van der Waals surface area (Å²) >= 11 is 0. The first-order chi connectivity index (χ1) is 11.8. The molecule has 0 spiro atoms. The van der Waals surface area contributed by atoms with Crippen molar-refractivity contribution < 1.29 is 9.59 Å². The predicted octanol–water partition coefficient (Wildman–Crippen LogP) is 4.13. The predicted molar refractivity (Wildman–Crippen MR) is 101 cm³/mol. The molecule has 2 unspecified atom stereocenters. The van der Waals surface area contributed by atoms with Crippen LogP contribution in [0.2, 0.25) is 0 Å². The van der Waals surface area contributed by atoms with E-state index in [9.17, 15) is 9.59 Å². The van der Waals surface area contributed by atoms with Crippen molar-refractivity contribution in [2.75, 3.05) is 10.6 Å². The minimum Gasteiger partial charge on any atom is -0.326 e. The molecule has 0 heterocycles. The number of carbonyl (C=O) groups is 2. The molecule has 3 rings (SSSR count). The molecule has 2 aromatic rings. The summed E-state index contributed by atoms with van der Waals surface area (Å²) in [5.74, 6) is -0.644. The lowest BCUT2D eigenvalue weighted by molar-refractivity contribution is -0.122. The highest BCUT2D eigenvalue weighted by atomic mass is 16.2. The Hall–Kier alpha value is -2.62. The fourth-order valence-corrected chi connectivity index (χ4v) is 3.34. The Balaban J connectivity index is 1.59. The molecule has 25 heavy (non-hydrogen) atoms. The second kappa shape index (κ2) is 6.71. The van der Waals surface area contributed by atoms with E-state index in [1.165, 1.54) is 0 Å². The van der Waals surface area contributed by atoms with E-state index in [-0.39, 0.29) is 23.7 Å². The second-order valence-corrected chi connectivity index (χ2v) is 7.18. The average molecular weight is 336 g/mol. The number of hydrogen-bond donors (Lipinski definition) is 2. The molecule has 2 aromatic carbocycles. The van der Waals surface area contributed by atoms with Crippen molar-refractivity contribution in [1.29, 1.82) is 0 Å². The smallest absolute Gasteiger partial charge is 0.228 e. The number of carbonyl (C=O) groups excluding carboxylic acids is 2. The van der Waals surface area contributed by atoms with Crippen molar-refractivity contribution >= 4 is 23.2 Å². The fraction of sp³-hybridized carbons (Fsp3) is 0.333. The van der Waals surface area contributed by atoms with Crippen LogP contribution in [0.1, 0.15) is 28.7 Å². The molecule has 1 fully saturated rings. The molecule has 130 valence electrons. The molecule has 1 aliphatic rings. The van der Waals surface area contributed by atoms with Crippen molar-refractivity contribution in [3.8, 4) is 0 Å². The van der Waals surface area contributed by atoms with Crippen molar-refractivity contribution in [3.05, 3.63) is 58.7 Å². The normalized spacial score (nSPS) is 18.6. The topological polar surface area (TPSA) is 58.2 Å². The summed E-state index contributed by atoms with van der Waals surface area (Å²) in [4.78, 5) is 24.8. The third kappa shape index (κ3) is 4.27. The van der Waals surface area contributed by atoms with Gasteiger partial charge in [-0.15, -0.1) is 0 Å². The molecule has 0 bridgehead atoms. The van der Waals surface area contributed by atoms with Crippen LogP contribution in [-0.4, -0.2) is 11.8 Å². The lowest BCUT2D eigenvalue weighted by Crippen LogP contribution is -2.20. The zero-order valence-corrected chi connectivity index (χ0v) is 15.1. The molecule has 2 amide bonds. The highest BCUT2D eigenvalue weighted by Gasteiger charge is 2.48. The van der Waals surface area contributed by atoms with E-state index in [2.05, 4.69) is 22.8 Å². The Kier molecular flexibility index (Phi) is 4.62. The van der Waals surface area contributed by atoms with E-state index in [1.807, 2.05) is 52.0 Å². The first kappa shape index (κ1) is 17.2. The summed E-state index contributed by atoms with van der Waals surface area (Å²) in [5.41, 5.74) is 6.02. The highest BCUT2D eigenvalue weighted by molar-refractivity contribution is 6.03. The Labute approximate surface area is 148 Å². The van der Waals surface area contributed by atoms with Gasteiger partial charge in [0, 0.05) is 11.4 Å². The van der Waals surface area contributed by atoms with Crippen LogP contribution in [0.15, 0.2) is 36.4 Å². The van der Waals surface area contributed by atoms with Gasteiger partial charge in [-0.05, 0) is 80.6 Å². The van der Waals surface area contributed by atoms with Gasteiger partial charge in [0.1, 0.15) is 0 Å². The summed E-state index contributed by atoms with van der Waals surface area (Å²) < 4.78 is 0. The number of rotatable bonds is 4. The first-order valence-corrected chi connectivity index (χ1v) is 8.60. The summed E-state index contributed by atoms with van der Waals surface area (Å²) in [6.07, 6.45) is 0.604. The average Bonchev–Trinajstić information content (AvgIpc) is 3.25. The molecule has 4 nitrogen and oxygen atoms in total. The van der Waals surface area contributed by atoms with E-state index < -0.39 is 0 Å². The van der Waals surface area contributed by atoms with Gasteiger partial charge in [-0.2, -0.15) is 0 Å². The van der Waals surface area contributed by atoms with Crippen LogP contribution in [0.4, 0.5) is 11.4 Å². The van der Waals surface area contributed by atoms with E-state index in [4.69, 9.17) is 0 Å². The number of benzene rings is 2. The Morgan fingerprint density at radius 2 is 1.00 bits per heavy atom. The lowest BCUT2D eigenvalue weighted by atomic mass is 10.1. The highest BCUT2D eigenvalue weighted by Crippen LogP contribution is 2.40. The van der Waals surface area contributed by atoms with E-state index in [0.717, 1.165) is 33.6 Å². The largest absolute Gasteiger partial charge is 0.326 e. The number of aryl methyl sites for hydroxylation is 4. The summed E-state index contributed by atoms with van der Waals surface area (Å²) in [6.45, 7) is 8.00. The SMILES string of the molecule is Cc1cc(C)cc(NC(=O)C2CC2C(=O)Nc2cc(C)cc(C)c2)c1. The standard InChI is InChI=1S/C21H24N2O2/c1-12-5-13(2)8-16(7-12)22-20(24)18-11-19(18)21(25)23-17-9-14(3)6-15(4)10-17/h5-10,18-19H,11H2,1-4H3,(H,22,24)(H,23,25). The molecule has 0 aromatic heterocycles. The second-order valence-electron chi connectivity index (χ2n) is 7.18. The van der Waals surface area contributed by atoms with Gasteiger partial charge in [-0.1, -0.05) is 12.1 Å². The van der Waals surface area contributed by atoms with Crippen LogP contribution in [0.3, 0.4) is 0 Å². The van der Waals surface area contributed by atoms with Gasteiger partial charge in [0.05, 0.1) is 11.8 Å². The third-order valence-corrected chi connectivity index (χ3v) is 4.44. The number of amides is 2. The zero-order chi connectivity index (χ0) is 18.1. The molecule has 2 N–H and O–H groups in total. The molecular weight excluding hydrogens is 312 g/mol. The van der Waals surface area contributed by atoms with Crippen LogP contribution in [0.25, 0.3) is 0 Å². The van der Waals surface area contributed by atoms with E-state index in [1.54, 1.807) is 0 Å². The van der Waals surface area contributed by atoms with Crippen LogP contribution in [0.5, 0.6) is 0 Å². The van der Waals surface area contributed by atoms with Gasteiger partial charge in [-0.3, -0.25) is 9.59 Å². The number of anilines is 2. The number of hydrogen-bond acceptors (Lipinski definition) is 2. The van der Waals surface area contributed by atoms with E-state index >= 15 is 0 Å². The summed E-state index contributed by atoms with van der Waals surface area (Å²) in [6, 6.07) is 11.9. The molecule has 1 aliphatic carbocycles. The monoisotopic (exact) mass is 336 g/mol. The zero-order valence-electron chi connectivity index (χ0n) is 15.1. The molecule has 2 atom stereocenters. The molecule has 0 saturated heterocycles. The third-order valence-electron chi connectivity index (χ3n) is 4.44. The van der Waals surface area contributed by atoms with Crippen molar-refractivity contribution in [2.24, 2.45) is 11.8 Å². The van der Waals surface area contributed by atoms with Gasteiger partial charge in [-0.25, -0.2) is 0 Å². The van der Waals surface area contributed by atoms with Crippen LogP contribution < -0.4 is 10.6 Å². The maximum Gasteiger partial charge on any atom is 0.228 e. The summed E-state index contributed by atoms with van der Waals surface area (Å²) in [5, 5.41) is 5.87. The van der Waals surface area contributed by atoms with Crippen molar-refractivity contribution in [2.45, 2.75) is 34.1 Å². The van der Waals surface area contributed by atoms with Gasteiger partial charge >= 0.3 is 0 Å². The van der Waals surface area contributed by atoms with Crippen molar-refractivity contribution in [3.63, 3.8) is 0 Å². The maximum absolute atomic E-state index is 12.4. The van der Waals surface area contributed by atoms with Gasteiger partial charge in [0.25, 0.3) is 0 Å². The quantitative estimate of drug-likeness (QED) is 0.882. The van der Waals surface area contributed by atoms with Crippen LogP contribution in [0, 0.1) is 39.5 Å². The van der Waals surface area contributed by atoms with Gasteiger partial charge in [0.15, 0.2) is 0 Å². The maximum atomic E-state index is 12.4. The van der Waals surface area contributed by atoms with Gasteiger partial charge < -0.3 is 10.6 Å². The first-order valence-electron chi connectivity index (χ1n) is 8.60. The Morgan fingerprint density at radius 1 is 0.680 bits per heavy atom. The Morgan fingerprint density at radius 3 is 1.32 bits per heavy atom. The summed E-state index contributed by atoms with van der Waals surface area (Å²) in [7, 11) is 0. The molecule has 0 radical (unpaired) electrons. The van der Waals surface area contributed by atoms with Crippen LogP contribution in [-0.2, 0) is 9.59 Å². The van der Waals surface area contributed by atoms with Gasteiger partial charge in [0.2, 0.25) is 11.8 Å². The molecular formula is C21H24N2O2. The number of nitrogens with one attached hydrogen (secondary N) is 2. The minimum absolute atomic E-state index is 0.0782. The van der Waals surface area contributed by atoms with Crippen molar-refractivity contribution in [1.82, 2.24) is 0 Å².